The quantitative estimate of drug-likeness (QED) is 0.429. The molecular weight excluding hydrogens is 199 g/mol. The number of rotatable bonds is 1. The van der Waals surface area contributed by atoms with Gasteiger partial charge in [-0.05, 0) is 18.6 Å². The highest BCUT2D eigenvalue weighted by Gasteiger charge is 2.60. The molecule has 2 aliphatic heterocycles. The van der Waals surface area contributed by atoms with E-state index in [1.54, 1.807) is 4.90 Å². The molecule has 2 rings (SSSR count). The molecule has 0 aromatic carbocycles. The van der Waals surface area contributed by atoms with Crippen molar-refractivity contribution >= 4 is 25.2 Å². The van der Waals surface area contributed by atoms with E-state index in [1.807, 2.05) is 6.92 Å². The van der Waals surface area contributed by atoms with Crippen LogP contribution in [0.4, 0.5) is 0 Å². The Labute approximate surface area is 89.8 Å². The molecule has 14 heavy (non-hydrogen) atoms. The zero-order valence-corrected chi connectivity index (χ0v) is 8.83. The lowest BCUT2D eigenvalue weighted by molar-refractivity contribution is -0.0734. The maximum Gasteiger partial charge on any atom is 0.166 e. The lowest BCUT2D eigenvalue weighted by Gasteiger charge is -2.35. The van der Waals surface area contributed by atoms with Crippen molar-refractivity contribution in [1.82, 2.24) is 4.90 Å². The molecule has 0 aliphatic carbocycles. The molecule has 0 aromatic rings. The number of fused-ring (bicyclic) bond motifs is 2. The highest BCUT2D eigenvalue weighted by atomic mass is 32.1. The highest BCUT2D eigenvalue weighted by Crippen LogP contribution is 2.42. The van der Waals surface area contributed by atoms with E-state index in [0.29, 0.717) is 13.0 Å². The van der Waals surface area contributed by atoms with E-state index in [-0.39, 0.29) is 11.2 Å². The summed E-state index contributed by atoms with van der Waals surface area (Å²) in [5, 5.41) is 10.3. The summed E-state index contributed by atoms with van der Waals surface area (Å²) in [5.41, 5.74) is 4.98. The minimum absolute atomic E-state index is 0.281. The number of likely N-dealkylation sites (tertiary alicyclic amines) is 1. The highest BCUT2D eigenvalue weighted by molar-refractivity contribution is 7.80. The molecule has 2 aliphatic rings. The Kier molecular flexibility index (Phi) is 2.25. The predicted molar refractivity (Wildman–Crippen MR) is 56.9 cm³/mol. The van der Waals surface area contributed by atoms with Crippen molar-refractivity contribution in [3.05, 3.63) is 0 Å². The average Bonchev–Trinajstić information content (AvgIpc) is 2.54. The third kappa shape index (κ3) is 1.11. The summed E-state index contributed by atoms with van der Waals surface area (Å²) in [6.45, 7) is 2.50. The van der Waals surface area contributed by atoms with E-state index in [0.717, 1.165) is 0 Å². The molecule has 3 N–H and O–H groups in total. The molecule has 76 valence electrons. The van der Waals surface area contributed by atoms with E-state index in [1.165, 1.54) is 0 Å². The van der Waals surface area contributed by atoms with Gasteiger partial charge in [-0.2, -0.15) is 0 Å². The summed E-state index contributed by atoms with van der Waals surface area (Å²) in [6, 6.07) is -0.785. The molecule has 2 heterocycles. The SMILES string of the molecule is [B][C@@H]1O[C@@]2(CC)CN(C(N)=S)[C@@H]1[C@@H]2O. The summed E-state index contributed by atoms with van der Waals surface area (Å²) in [5.74, 6) is 0. The van der Waals surface area contributed by atoms with Gasteiger partial charge in [-0.3, -0.25) is 0 Å². The number of ether oxygens (including phenoxy) is 1. The summed E-state index contributed by atoms with van der Waals surface area (Å²) in [4.78, 5) is 1.76. The van der Waals surface area contributed by atoms with Crippen molar-refractivity contribution < 1.29 is 9.84 Å². The van der Waals surface area contributed by atoms with Gasteiger partial charge in [-0.25, -0.2) is 0 Å². The lowest BCUT2D eigenvalue weighted by atomic mass is 9.90. The van der Waals surface area contributed by atoms with Crippen LogP contribution in [0.5, 0.6) is 0 Å². The predicted octanol–water partition coefficient (Wildman–Crippen LogP) is -1.05. The van der Waals surface area contributed by atoms with Crippen molar-refractivity contribution in [3.63, 3.8) is 0 Å². The van der Waals surface area contributed by atoms with E-state index < -0.39 is 17.7 Å². The number of hydrogen-bond donors (Lipinski definition) is 2. The Bertz CT molecular complexity index is 278. The molecule has 0 aromatic heterocycles. The summed E-state index contributed by atoms with van der Waals surface area (Å²) < 4.78 is 5.56. The fraction of sp³-hybridized carbons (Fsp3) is 0.875. The number of aliphatic hydroxyl groups is 1. The second-order valence-corrected chi connectivity index (χ2v) is 4.32. The van der Waals surface area contributed by atoms with Crippen molar-refractivity contribution in [2.75, 3.05) is 6.54 Å². The molecule has 6 heteroatoms. The van der Waals surface area contributed by atoms with E-state index >= 15 is 0 Å². The second-order valence-electron chi connectivity index (χ2n) is 3.90. The molecule has 0 unspecified atom stereocenters. The van der Waals surface area contributed by atoms with E-state index in [4.69, 9.17) is 30.5 Å². The average molecular weight is 212 g/mol. The first-order valence-corrected chi connectivity index (χ1v) is 5.10. The first-order chi connectivity index (χ1) is 6.52. The van der Waals surface area contributed by atoms with Crippen LogP contribution < -0.4 is 5.73 Å². The molecule has 4 nitrogen and oxygen atoms in total. The van der Waals surface area contributed by atoms with Gasteiger partial charge in [0.25, 0.3) is 0 Å². The Hall–Kier alpha value is -0.325. The van der Waals surface area contributed by atoms with Crippen molar-refractivity contribution in [2.45, 2.75) is 37.1 Å². The van der Waals surface area contributed by atoms with Crippen LogP contribution in [-0.4, -0.2) is 53.3 Å². The van der Waals surface area contributed by atoms with Crippen molar-refractivity contribution in [2.24, 2.45) is 5.73 Å². The zero-order chi connectivity index (χ0) is 10.5. The number of thiocarbonyl (C=S) groups is 1. The molecule has 0 amide bonds. The topological polar surface area (TPSA) is 58.7 Å². The van der Waals surface area contributed by atoms with Crippen LogP contribution in [0.1, 0.15) is 13.3 Å². The van der Waals surface area contributed by atoms with Gasteiger partial charge in [0.05, 0.1) is 12.6 Å². The van der Waals surface area contributed by atoms with Gasteiger partial charge < -0.3 is 20.5 Å². The zero-order valence-electron chi connectivity index (χ0n) is 8.01. The maximum atomic E-state index is 10.0. The summed E-state index contributed by atoms with van der Waals surface area (Å²) in [7, 11) is 5.76. The van der Waals surface area contributed by atoms with Crippen LogP contribution in [0.3, 0.4) is 0 Å². The van der Waals surface area contributed by atoms with Gasteiger partial charge in [-0.1, -0.05) is 6.92 Å². The van der Waals surface area contributed by atoms with Gasteiger partial charge in [-0.15, -0.1) is 0 Å². The number of nitrogens with zero attached hydrogens (tertiary/aromatic N) is 1. The standard InChI is InChI=1S/C8H13BN2O2S/c1-2-8-3-11(7(10)14)4(5(8)12)6(9)13-8/h4-6,12H,2-3H2,1H3,(H2,10,14)/t4-,5+,6-,8+/m1/s1. The third-order valence-electron chi connectivity index (χ3n) is 3.25. The lowest BCUT2D eigenvalue weighted by Crippen LogP contribution is -2.51. The van der Waals surface area contributed by atoms with Crippen LogP contribution >= 0.6 is 12.2 Å². The fourth-order valence-electron chi connectivity index (χ4n) is 2.40. The van der Waals surface area contributed by atoms with E-state index in [9.17, 15) is 5.11 Å². The van der Waals surface area contributed by atoms with Crippen LogP contribution in [-0.2, 0) is 4.74 Å². The molecule has 2 saturated heterocycles. The number of hydrogen-bond acceptors (Lipinski definition) is 3. The van der Waals surface area contributed by atoms with Gasteiger partial charge in [0.1, 0.15) is 19.6 Å². The molecule has 2 bridgehead atoms. The Morgan fingerprint density at radius 3 is 2.86 bits per heavy atom. The number of nitrogens with two attached hydrogens (primary N) is 1. The molecule has 4 atom stereocenters. The minimum atomic E-state index is -0.594. The molecule has 2 fully saturated rings. The normalized spacial score (nSPS) is 45.9. The number of morpholine rings is 1. The largest absolute Gasteiger partial charge is 0.388 e. The maximum absolute atomic E-state index is 10.0. The fourth-order valence-corrected chi connectivity index (χ4v) is 2.59. The van der Waals surface area contributed by atoms with Gasteiger partial charge in [0.15, 0.2) is 5.11 Å². The van der Waals surface area contributed by atoms with Gasteiger partial charge in [0, 0.05) is 6.00 Å². The monoisotopic (exact) mass is 212 g/mol. The van der Waals surface area contributed by atoms with Crippen molar-refractivity contribution in [1.29, 1.82) is 0 Å². The summed E-state index contributed by atoms with van der Waals surface area (Å²) >= 11 is 4.90. The van der Waals surface area contributed by atoms with Gasteiger partial charge in [0.2, 0.25) is 0 Å². The smallest absolute Gasteiger partial charge is 0.166 e. The van der Waals surface area contributed by atoms with Crippen LogP contribution in [0.25, 0.3) is 0 Å². The minimum Gasteiger partial charge on any atom is -0.388 e. The Morgan fingerprint density at radius 1 is 1.86 bits per heavy atom. The van der Waals surface area contributed by atoms with Crippen molar-refractivity contribution in [3.8, 4) is 0 Å². The Morgan fingerprint density at radius 2 is 2.50 bits per heavy atom. The van der Waals surface area contributed by atoms with Crippen LogP contribution in [0.15, 0.2) is 0 Å². The molecule has 0 saturated carbocycles. The Balaban J connectivity index is 2.30. The first kappa shape index (κ1) is 10.2. The third-order valence-corrected chi connectivity index (χ3v) is 3.48. The number of aliphatic hydroxyl groups excluding tert-OH is 1. The van der Waals surface area contributed by atoms with Gasteiger partial charge >= 0.3 is 0 Å². The van der Waals surface area contributed by atoms with Crippen LogP contribution in [0.2, 0.25) is 0 Å². The summed E-state index contributed by atoms with van der Waals surface area (Å²) in [6.07, 6.45) is 0.112. The molecule has 0 spiro atoms. The molecular formula is C8H13BN2O2S. The van der Waals surface area contributed by atoms with E-state index in [2.05, 4.69) is 0 Å². The second kappa shape index (κ2) is 3.08. The van der Waals surface area contributed by atoms with Crippen LogP contribution in [0, 0.1) is 0 Å². The first-order valence-electron chi connectivity index (χ1n) is 4.69. The molecule has 2 radical (unpaired) electrons.